The Kier molecular flexibility index (Phi) is 7.24. The van der Waals surface area contributed by atoms with Crippen molar-refractivity contribution >= 4 is 13.3 Å². The second kappa shape index (κ2) is 7.56. The molecule has 0 aliphatic carbocycles. The first-order valence-electron chi connectivity index (χ1n) is 6.35. The van der Waals surface area contributed by atoms with E-state index in [0.29, 0.717) is 0 Å². The van der Waals surface area contributed by atoms with Gasteiger partial charge in [-0.25, -0.2) is 33.0 Å². The zero-order valence-corrected chi connectivity index (χ0v) is 14.4. The van der Waals surface area contributed by atoms with E-state index in [1.165, 1.54) is 0 Å². The standard InChI is InChI=1S/C8H13Si.C7H4F5.Co/c1-9(2,3)8-6-4-5-7-8;8-6(9,7(10,11)12)5-3-1-2-4-5;/h4-7H,1-3H3;1-4H;/q2*-1;+2. The van der Waals surface area contributed by atoms with E-state index < -0.39 is 25.7 Å². The molecule has 0 aliphatic rings. The quantitative estimate of drug-likeness (QED) is 0.391. The first kappa shape index (κ1) is 21.1. The Hall–Kier alpha value is -0.927. The summed E-state index contributed by atoms with van der Waals surface area (Å²) in [6.07, 6.45) is -5.51. The Morgan fingerprint density at radius 1 is 0.727 bits per heavy atom. The molecule has 0 N–H and O–H groups in total. The summed E-state index contributed by atoms with van der Waals surface area (Å²) in [6.45, 7) is 7.09. The third-order valence-electron chi connectivity index (χ3n) is 2.91. The minimum Gasteiger partial charge on any atom is -0.214 e. The number of halogens is 5. The molecule has 0 aliphatic heterocycles. The van der Waals surface area contributed by atoms with E-state index in [-0.39, 0.29) is 16.8 Å². The third-order valence-corrected chi connectivity index (χ3v) is 4.98. The van der Waals surface area contributed by atoms with Crippen LogP contribution < -0.4 is 5.19 Å². The summed E-state index contributed by atoms with van der Waals surface area (Å²) >= 11 is 0. The van der Waals surface area contributed by atoms with Crippen molar-refractivity contribution < 1.29 is 38.7 Å². The van der Waals surface area contributed by atoms with Gasteiger partial charge in [0.1, 0.15) is 0 Å². The molecule has 1 radical (unpaired) electrons. The van der Waals surface area contributed by atoms with Gasteiger partial charge >= 0.3 is 28.9 Å². The molecule has 0 unspecified atom stereocenters. The van der Waals surface area contributed by atoms with E-state index in [4.69, 9.17) is 0 Å². The Morgan fingerprint density at radius 2 is 1.09 bits per heavy atom. The molecule has 125 valence electrons. The van der Waals surface area contributed by atoms with Gasteiger partial charge in [-0.3, -0.25) is 0 Å². The topological polar surface area (TPSA) is 0 Å². The molecule has 0 heterocycles. The van der Waals surface area contributed by atoms with Gasteiger partial charge in [-0.15, -0.1) is 0 Å². The van der Waals surface area contributed by atoms with Crippen LogP contribution in [-0.2, 0) is 22.7 Å². The summed E-state index contributed by atoms with van der Waals surface area (Å²) in [5, 5.41) is 1.56. The largest absolute Gasteiger partial charge is 2.00 e. The fraction of sp³-hybridized carbons (Fsp3) is 0.333. The first-order valence-corrected chi connectivity index (χ1v) is 9.85. The molecule has 0 amide bonds. The predicted octanol–water partition coefficient (Wildman–Crippen LogP) is 5.01. The van der Waals surface area contributed by atoms with Crippen molar-refractivity contribution in [3.8, 4) is 0 Å². The fourth-order valence-corrected chi connectivity index (χ4v) is 2.81. The van der Waals surface area contributed by atoms with Crippen molar-refractivity contribution in [2.75, 3.05) is 0 Å². The average molecular weight is 379 g/mol. The predicted molar refractivity (Wildman–Crippen MR) is 77.0 cm³/mol. The van der Waals surface area contributed by atoms with Crippen LogP contribution in [-0.4, -0.2) is 14.3 Å². The van der Waals surface area contributed by atoms with Gasteiger partial charge in [-0.05, 0) is 0 Å². The van der Waals surface area contributed by atoms with Crippen LogP contribution in [0.2, 0.25) is 19.6 Å². The van der Waals surface area contributed by atoms with Gasteiger partial charge in [-0.1, -0.05) is 25.2 Å². The van der Waals surface area contributed by atoms with Gasteiger partial charge in [-0.2, -0.15) is 42.6 Å². The van der Waals surface area contributed by atoms with Crippen molar-refractivity contribution in [3.63, 3.8) is 0 Å². The summed E-state index contributed by atoms with van der Waals surface area (Å²) < 4.78 is 59.7. The molecule has 0 nitrogen and oxygen atoms in total. The van der Waals surface area contributed by atoms with Gasteiger partial charge in [0.25, 0.3) is 0 Å². The smallest absolute Gasteiger partial charge is 0.214 e. The molecule has 0 spiro atoms. The molecule has 0 aromatic heterocycles. The van der Waals surface area contributed by atoms with E-state index in [1.807, 2.05) is 0 Å². The fourth-order valence-electron chi connectivity index (χ4n) is 1.62. The zero-order chi connectivity index (χ0) is 16.3. The van der Waals surface area contributed by atoms with Crippen molar-refractivity contribution in [2.24, 2.45) is 0 Å². The van der Waals surface area contributed by atoms with Crippen LogP contribution in [0.15, 0.2) is 48.5 Å². The Balaban J connectivity index is 0.000000397. The molecule has 7 heteroatoms. The van der Waals surface area contributed by atoms with Gasteiger partial charge in [0.2, 0.25) is 0 Å². The molecule has 2 rings (SSSR count). The minimum absolute atomic E-state index is 0. The maximum absolute atomic E-state index is 12.4. The summed E-state index contributed by atoms with van der Waals surface area (Å²) in [4.78, 5) is 0. The van der Waals surface area contributed by atoms with Crippen molar-refractivity contribution in [2.45, 2.75) is 31.7 Å². The van der Waals surface area contributed by atoms with Crippen LogP contribution in [0.25, 0.3) is 0 Å². The molecule has 0 bridgehead atoms. The molecule has 0 saturated carbocycles. The van der Waals surface area contributed by atoms with E-state index in [0.717, 1.165) is 24.3 Å². The van der Waals surface area contributed by atoms with Crippen LogP contribution in [0.4, 0.5) is 22.0 Å². The molecule has 0 atom stereocenters. The van der Waals surface area contributed by atoms with E-state index in [2.05, 4.69) is 43.9 Å². The summed E-state index contributed by atoms with van der Waals surface area (Å²) in [5.41, 5.74) is -1.02. The van der Waals surface area contributed by atoms with Gasteiger partial charge in [0, 0.05) is 8.07 Å². The molecule has 22 heavy (non-hydrogen) atoms. The SMILES string of the molecule is C[Si](C)(C)[c-]1cccc1.FC(F)(F)C(F)(F)[c-]1cccc1.[Co+2]. The summed E-state index contributed by atoms with van der Waals surface area (Å²) in [7, 11) is -0.981. The number of rotatable bonds is 2. The average Bonchev–Trinajstić information content (AvgIpc) is 3.02. The molecule has 0 saturated heterocycles. The van der Waals surface area contributed by atoms with E-state index in [1.54, 1.807) is 5.19 Å². The van der Waals surface area contributed by atoms with Crippen LogP contribution in [0.5, 0.6) is 0 Å². The normalized spacial score (nSPS) is 12.2. The number of hydrogen-bond acceptors (Lipinski definition) is 0. The monoisotopic (exact) mass is 379 g/mol. The number of hydrogen-bond donors (Lipinski definition) is 0. The summed E-state index contributed by atoms with van der Waals surface area (Å²) in [5.74, 6) is -4.74. The molecule has 2 aromatic carbocycles. The second-order valence-corrected chi connectivity index (χ2v) is 10.7. The number of alkyl halides is 5. The van der Waals surface area contributed by atoms with Crippen molar-refractivity contribution in [1.29, 1.82) is 0 Å². The Morgan fingerprint density at radius 3 is 1.36 bits per heavy atom. The molecular weight excluding hydrogens is 362 g/mol. The van der Waals surface area contributed by atoms with Gasteiger partial charge in [0.15, 0.2) is 0 Å². The summed E-state index contributed by atoms with van der Waals surface area (Å²) in [6, 6.07) is 12.4. The zero-order valence-electron chi connectivity index (χ0n) is 12.3. The second-order valence-electron chi connectivity index (χ2n) is 5.67. The molecular formula is C15H17CoF5Si. The first-order chi connectivity index (χ1) is 9.46. The van der Waals surface area contributed by atoms with Crippen molar-refractivity contribution in [3.05, 3.63) is 54.1 Å². The van der Waals surface area contributed by atoms with Crippen LogP contribution in [0, 0.1) is 0 Å². The van der Waals surface area contributed by atoms with Gasteiger partial charge < -0.3 is 0 Å². The van der Waals surface area contributed by atoms with Crippen molar-refractivity contribution in [1.82, 2.24) is 0 Å². The molecule has 2 aromatic rings. The Labute approximate surface area is 138 Å². The van der Waals surface area contributed by atoms with Crippen LogP contribution in [0.1, 0.15) is 5.56 Å². The Bertz CT molecular complexity index is 521. The van der Waals surface area contributed by atoms with E-state index >= 15 is 0 Å². The maximum Gasteiger partial charge on any atom is 2.00 e. The third kappa shape index (κ3) is 5.37. The maximum atomic E-state index is 12.4. The minimum atomic E-state index is -5.51. The van der Waals surface area contributed by atoms with Crippen LogP contribution >= 0.6 is 0 Å². The molecule has 0 fully saturated rings. The van der Waals surface area contributed by atoms with Gasteiger partial charge in [0.05, 0.1) is 0 Å². The van der Waals surface area contributed by atoms with Crippen LogP contribution in [0.3, 0.4) is 0 Å². The van der Waals surface area contributed by atoms with E-state index in [9.17, 15) is 22.0 Å².